The number of nitrogens with zero attached hydrogens (tertiary/aromatic N) is 2. The zero-order valence-electron chi connectivity index (χ0n) is 17.8. The molecule has 0 bridgehead atoms. The summed E-state index contributed by atoms with van der Waals surface area (Å²) in [6.07, 6.45) is -0.995. The number of aryl methyl sites for hydroxylation is 1. The molecule has 176 valence electrons. The highest BCUT2D eigenvalue weighted by Gasteiger charge is 2.30. The van der Waals surface area contributed by atoms with Crippen molar-refractivity contribution < 1.29 is 26.8 Å². The zero-order valence-corrected chi connectivity index (χ0v) is 17.8. The third-order valence-electron chi connectivity index (χ3n) is 4.82. The van der Waals surface area contributed by atoms with E-state index in [9.17, 15) is 22.8 Å². The lowest BCUT2D eigenvalue weighted by Gasteiger charge is -2.06. The van der Waals surface area contributed by atoms with Crippen LogP contribution in [0.5, 0.6) is 5.75 Å². The fourth-order valence-electron chi connectivity index (χ4n) is 3.03. The summed E-state index contributed by atoms with van der Waals surface area (Å²) in [4.78, 5) is 28.7. The van der Waals surface area contributed by atoms with Crippen LogP contribution >= 0.6 is 0 Å². The van der Waals surface area contributed by atoms with E-state index in [0.717, 1.165) is 22.4 Å². The minimum absolute atomic E-state index is 0.0997. The number of ether oxygens (including phenoxy) is 1. The number of hydrogen-bond donors (Lipinski definition) is 1. The van der Waals surface area contributed by atoms with Crippen LogP contribution in [-0.4, -0.2) is 14.7 Å². The summed E-state index contributed by atoms with van der Waals surface area (Å²) < 4.78 is 55.1. The minimum atomic E-state index is -4.41. The summed E-state index contributed by atoms with van der Waals surface area (Å²) in [5.41, 5.74) is 0.423. The number of halogens is 3. The largest absolute Gasteiger partial charge is 0.487 e. The molecule has 0 unspecified atom stereocenters. The highest BCUT2D eigenvalue weighted by molar-refractivity contribution is 5.54. The first-order chi connectivity index (χ1) is 16.2. The van der Waals surface area contributed by atoms with Crippen LogP contribution in [-0.2, 0) is 19.3 Å². The van der Waals surface area contributed by atoms with Gasteiger partial charge in [0, 0.05) is 5.56 Å². The number of oxazole rings is 1. The molecule has 0 atom stereocenters. The second-order valence-corrected chi connectivity index (χ2v) is 7.23. The van der Waals surface area contributed by atoms with Gasteiger partial charge in [-0.2, -0.15) is 13.2 Å². The molecule has 0 aliphatic heterocycles. The monoisotopic (exact) mass is 473 g/mol. The minimum Gasteiger partial charge on any atom is -0.487 e. The Kier molecular flexibility index (Phi) is 6.26. The Morgan fingerprint density at radius 2 is 1.79 bits per heavy atom. The molecule has 8 nitrogen and oxygen atoms in total. The first kappa shape index (κ1) is 22.9. The van der Waals surface area contributed by atoms with Gasteiger partial charge in [-0.05, 0) is 48.9 Å². The van der Waals surface area contributed by atoms with E-state index in [0.29, 0.717) is 22.8 Å². The van der Waals surface area contributed by atoms with Gasteiger partial charge in [-0.15, -0.1) is 4.74 Å². The lowest BCUT2D eigenvalue weighted by Crippen LogP contribution is -2.15. The molecule has 2 heterocycles. The van der Waals surface area contributed by atoms with Crippen LogP contribution in [0.25, 0.3) is 17.5 Å². The number of aromatic amines is 1. The highest BCUT2D eigenvalue weighted by atomic mass is 19.4. The maximum absolute atomic E-state index is 12.7. The first-order valence-electron chi connectivity index (χ1n) is 10.0. The molecule has 0 aliphatic carbocycles. The number of rotatable bonds is 7. The molecule has 0 amide bonds. The van der Waals surface area contributed by atoms with E-state index in [1.54, 1.807) is 43.3 Å². The molecular weight excluding hydrogens is 455 g/mol. The van der Waals surface area contributed by atoms with Crippen molar-refractivity contribution in [2.45, 2.75) is 26.3 Å². The van der Waals surface area contributed by atoms with Gasteiger partial charge in [-0.1, -0.05) is 24.3 Å². The van der Waals surface area contributed by atoms with Crippen molar-refractivity contribution >= 4 is 6.08 Å². The van der Waals surface area contributed by atoms with Crippen LogP contribution < -0.4 is 16.2 Å². The molecule has 11 heteroatoms. The average molecular weight is 473 g/mol. The molecule has 0 aliphatic rings. The standard InChI is InChI=1S/C23H18F3N3O5/c1-14-19(27-20(33-14)16-6-8-17(9-7-16)23(24,25)26)13-32-18-10-4-15(5-11-18)3-2-12-29-21(30)28-22(31)34-29/h2-11H,12-13H2,1H3,(H,28,30,31). The number of nitrogens with one attached hydrogen (secondary N) is 1. The SMILES string of the molecule is Cc1oc(-c2ccc(C(F)(F)F)cc2)nc1COc1ccc(C=CCn2oc(=O)[nH]c2=O)cc1. The molecule has 2 aromatic heterocycles. The Labute approximate surface area is 189 Å². The van der Waals surface area contributed by atoms with Gasteiger partial charge in [0.05, 0.1) is 12.1 Å². The predicted octanol–water partition coefficient (Wildman–Crippen LogP) is 4.40. The van der Waals surface area contributed by atoms with Gasteiger partial charge in [-0.25, -0.2) is 19.6 Å². The topological polar surface area (TPSA) is 103 Å². The summed E-state index contributed by atoms with van der Waals surface area (Å²) in [7, 11) is 0. The first-order valence-corrected chi connectivity index (χ1v) is 10.0. The van der Waals surface area contributed by atoms with Crippen molar-refractivity contribution in [2.24, 2.45) is 0 Å². The summed E-state index contributed by atoms with van der Waals surface area (Å²) in [6, 6.07) is 11.7. The number of allylic oxidation sites excluding steroid dienone is 1. The summed E-state index contributed by atoms with van der Waals surface area (Å²) in [5, 5.41) is 0. The fourth-order valence-corrected chi connectivity index (χ4v) is 3.03. The van der Waals surface area contributed by atoms with E-state index in [2.05, 4.69) is 9.51 Å². The van der Waals surface area contributed by atoms with Crippen LogP contribution in [0.4, 0.5) is 13.2 Å². The maximum Gasteiger partial charge on any atom is 0.440 e. The third kappa shape index (κ3) is 5.37. The second kappa shape index (κ2) is 9.30. The van der Waals surface area contributed by atoms with E-state index in [1.165, 1.54) is 12.1 Å². The number of benzene rings is 2. The van der Waals surface area contributed by atoms with Crippen LogP contribution in [0, 0.1) is 6.92 Å². The molecule has 1 N–H and O–H groups in total. The van der Waals surface area contributed by atoms with Gasteiger partial charge in [0.2, 0.25) is 5.89 Å². The zero-order chi connectivity index (χ0) is 24.3. The van der Waals surface area contributed by atoms with Crippen molar-refractivity contribution in [2.75, 3.05) is 0 Å². The summed E-state index contributed by atoms with van der Waals surface area (Å²) in [5.74, 6) is 0.473. The molecular formula is C23H18F3N3O5. The van der Waals surface area contributed by atoms with E-state index < -0.39 is 23.2 Å². The van der Waals surface area contributed by atoms with Crippen LogP contribution in [0.15, 0.2) is 73.1 Å². The number of alkyl halides is 3. The lowest BCUT2D eigenvalue weighted by atomic mass is 10.1. The second-order valence-electron chi connectivity index (χ2n) is 7.23. The van der Waals surface area contributed by atoms with Crippen molar-refractivity contribution in [1.82, 2.24) is 14.7 Å². The molecule has 4 rings (SSSR count). The fraction of sp³-hybridized carbons (Fsp3) is 0.174. The smallest absolute Gasteiger partial charge is 0.440 e. The number of H-pyrrole nitrogens is 1. The van der Waals surface area contributed by atoms with Gasteiger partial charge >= 0.3 is 17.6 Å². The third-order valence-corrected chi connectivity index (χ3v) is 4.82. The van der Waals surface area contributed by atoms with Crippen molar-refractivity contribution in [3.63, 3.8) is 0 Å². The Morgan fingerprint density at radius 3 is 2.41 bits per heavy atom. The molecule has 34 heavy (non-hydrogen) atoms. The number of hydrogen-bond acceptors (Lipinski definition) is 6. The van der Waals surface area contributed by atoms with Crippen LogP contribution in [0.1, 0.15) is 22.6 Å². The van der Waals surface area contributed by atoms with E-state index in [-0.39, 0.29) is 19.0 Å². The number of aromatic nitrogens is 3. The normalized spacial score (nSPS) is 11.9. The van der Waals surface area contributed by atoms with Gasteiger partial charge in [0.1, 0.15) is 23.8 Å². The molecule has 2 aromatic carbocycles. The summed E-state index contributed by atoms with van der Waals surface area (Å²) >= 11 is 0. The maximum atomic E-state index is 12.7. The molecule has 0 fully saturated rings. The van der Waals surface area contributed by atoms with Gasteiger partial charge in [0.15, 0.2) is 0 Å². The van der Waals surface area contributed by atoms with Crippen LogP contribution in [0.3, 0.4) is 0 Å². The predicted molar refractivity (Wildman–Crippen MR) is 115 cm³/mol. The van der Waals surface area contributed by atoms with Crippen molar-refractivity contribution in [1.29, 1.82) is 0 Å². The van der Waals surface area contributed by atoms with Crippen molar-refractivity contribution in [3.05, 3.63) is 98.2 Å². The van der Waals surface area contributed by atoms with Crippen molar-refractivity contribution in [3.8, 4) is 17.2 Å². The molecule has 4 aromatic rings. The molecule has 0 radical (unpaired) electrons. The lowest BCUT2D eigenvalue weighted by molar-refractivity contribution is -0.137. The Bertz CT molecular complexity index is 1410. The molecule has 0 spiro atoms. The Hall–Kier alpha value is -4.28. The van der Waals surface area contributed by atoms with E-state index in [4.69, 9.17) is 9.15 Å². The molecule has 0 saturated heterocycles. The highest BCUT2D eigenvalue weighted by Crippen LogP contribution is 2.31. The van der Waals surface area contributed by atoms with E-state index >= 15 is 0 Å². The van der Waals surface area contributed by atoms with Gasteiger partial charge < -0.3 is 13.7 Å². The quantitative estimate of drug-likeness (QED) is 0.427. The van der Waals surface area contributed by atoms with E-state index in [1.807, 2.05) is 4.98 Å². The Morgan fingerprint density at radius 1 is 1.09 bits per heavy atom. The van der Waals surface area contributed by atoms with Gasteiger partial charge in [-0.3, -0.25) is 0 Å². The Balaban J connectivity index is 1.36. The molecule has 0 saturated carbocycles. The van der Waals surface area contributed by atoms with Gasteiger partial charge in [0.25, 0.3) is 0 Å². The summed E-state index contributed by atoms with van der Waals surface area (Å²) in [6.45, 7) is 1.91. The average Bonchev–Trinajstić information content (AvgIpc) is 3.33. The van der Waals surface area contributed by atoms with Crippen LogP contribution in [0.2, 0.25) is 0 Å².